The molecule has 0 radical (unpaired) electrons. The summed E-state index contributed by atoms with van der Waals surface area (Å²) in [5.74, 6) is 0.733. The third-order valence-electron chi connectivity index (χ3n) is 6.74. The Bertz CT molecular complexity index is 1470. The molecule has 3 aromatic heterocycles. The lowest BCUT2D eigenvalue weighted by molar-refractivity contribution is -0.137. The van der Waals surface area contributed by atoms with Crippen LogP contribution in [-0.4, -0.2) is 50.9 Å². The molecule has 4 heterocycles. The average Bonchev–Trinajstić information content (AvgIpc) is 3.65. The Morgan fingerprint density at radius 2 is 2.00 bits per heavy atom. The highest BCUT2D eigenvalue weighted by atomic mass is 35.5. The molecular formula is C27H27ClF3N5O3S. The van der Waals surface area contributed by atoms with Crippen molar-refractivity contribution in [1.82, 2.24) is 24.9 Å². The molecule has 0 saturated carbocycles. The first-order valence-corrected chi connectivity index (χ1v) is 13.9. The van der Waals surface area contributed by atoms with Crippen molar-refractivity contribution in [3.05, 3.63) is 64.3 Å². The molecule has 5 rings (SSSR count). The number of ether oxygens (including phenoxy) is 1. The van der Waals surface area contributed by atoms with Gasteiger partial charge in [-0.3, -0.25) is 4.57 Å². The number of likely N-dealkylation sites (tertiary alicyclic amines) is 1. The van der Waals surface area contributed by atoms with Crippen molar-refractivity contribution in [1.29, 1.82) is 0 Å². The van der Waals surface area contributed by atoms with Gasteiger partial charge in [0, 0.05) is 36.8 Å². The van der Waals surface area contributed by atoms with Crippen molar-refractivity contribution in [3.63, 3.8) is 0 Å². The Hall–Kier alpha value is -3.35. The predicted molar refractivity (Wildman–Crippen MR) is 145 cm³/mol. The maximum atomic E-state index is 13.4. The van der Waals surface area contributed by atoms with Crippen LogP contribution in [0.4, 0.5) is 18.0 Å². The number of carbonyl (C=O) groups excluding carboxylic acids is 1. The van der Waals surface area contributed by atoms with Gasteiger partial charge < -0.3 is 19.5 Å². The second-order valence-corrected chi connectivity index (χ2v) is 11.5. The van der Waals surface area contributed by atoms with Crippen molar-refractivity contribution < 1.29 is 27.2 Å². The van der Waals surface area contributed by atoms with Gasteiger partial charge in [0.15, 0.2) is 5.76 Å². The Kier molecular flexibility index (Phi) is 8.20. The fourth-order valence-corrected chi connectivity index (χ4v) is 5.61. The number of aromatic nitrogens is 3. The zero-order valence-corrected chi connectivity index (χ0v) is 23.3. The molecule has 1 aliphatic rings. The van der Waals surface area contributed by atoms with Gasteiger partial charge >= 0.3 is 12.3 Å². The Balaban J connectivity index is 1.40. The van der Waals surface area contributed by atoms with Crippen molar-refractivity contribution >= 4 is 29.0 Å². The quantitative estimate of drug-likeness (QED) is 0.250. The maximum Gasteiger partial charge on any atom is 0.416 e. The van der Waals surface area contributed by atoms with E-state index in [-0.39, 0.29) is 29.9 Å². The summed E-state index contributed by atoms with van der Waals surface area (Å²) in [5.41, 5.74) is -0.150. The Morgan fingerprint density at radius 3 is 2.67 bits per heavy atom. The summed E-state index contributed by atoms with van der Waals surface area (Å²) in [6.45, 7) is 6.04. The van der Waals surface area contributed by atoms with Crippen molar-refractivity contribution in [2.24, 2.45) is 0 Å². The van der Waals surface area contributed by atoms with Crippen molar-refractivity contribution in [2.75, 3.05) is 13.1 Å². The number of hydrogen-bond acceptors (Lipinski definition) is 7. The fourth-order valence-electron chi connectivity index (χ4n) is 4.62. The minimum absolute atomic E-state index is 0.0313. The van der Waals surface area contributed by atoms with Crippen molar-refractivity contribution in [2.45, 2.75) is 51.5 Å². The molecule has 8 nitrogen and oxygen atoms in total. The molecule has 1 aromatic carbocycles. The number of imidazole rings is 1. The first-order valence-electron chi connectivity index (χ1n) is 12.7. The molecule has 1 fully saturated rings. The van der Waals surface area contributed by atoms with Gasteiger partial charge in [-0.2, -0.15) is 13.2 Å². The van der Waals surface area contributed by atoms with E-state index in [0.29, 0.717) is 21.8 Å². The molecular weight excluding hydrogens is 567 g/mol. The summed E-state index contributed by atoms with van der Waals surface area (Å²) >= 11 is 7.35. The number of amides is 1. The topological polar surface area (TPSA) is 85.4 Å². The SMILES string of the molecule is CC(C)N1CCC(NC(=O)Oc2cnc(-c3cccc(C(F)(F)F)c3)n2Cc2cc(-c3ccc(Cl)s3)on2)CC1. The van der Waals surface area contributed by atoms with E-state index in [1.165, 1.54) is 34.2 Å². The van der Waals surface area contributed by atoms with E-state index in [4.69, 9.17) is 20.9 Å². The standard InChI is InChI=1S/C27H27ClF3N5O3S/c1-16(2)35-10-8-19(9-11-35)33-26(37)38-24-14-32-25(17-4-3-5-18(12-17)27(29,30)31)36(24)15-20-13-21(39-34-20)22-6-7-23(28)40-22/h3-7,12-14,16,19H,8-11,15H2,1-2H3,(H,33,37). The summed E-state index contributed by atoms with van der Waals surface area (Å²) in [4.78, 5) is 20.3. The number of rotatable bonds is 7. The van der Waals surface area contributed by atoms with Crippen LogP contribution in [0.2, 0.25) is 4.34 Å². The minimum Gasteiger partial charge on any atom is -0.391 e. The lowest BCUT2D eigenvalue weighted by Crippen LogP contribution is -2.47. The van der Waals surface area contributed by atoms with Crippen LogP contribution in [0.5, 0.6) is 5.88 Å². The predicted octanol–water partition coefficient (Wildman–Crippen LogP) is 6.95. The summed E-state index contributed by atoms with van der Waals surface area (Å²) in [6.07, 6.45) is -2.29. The van der Waals surface area contributed by atoms with Gasteiger partial charge in [-0.15, -0.1) is 11.3 Å². The summed E-state index contributed by atoms with van der Waals surface area (Å²) in [5, 5.41) is 7.00. The molecule has 0 aliphatic carbocycles. The zero-order chi connectivity index (χ0) is 28.4. The second-order valence-electron chi connectivity index (χ2n) is 9.81. The molecule has 212 valence electrons. The van der Waals surface area contributed by atoms with Crippen LogP contribution in [0, 0.1) is 0 Å². The normalized spacial score (nSPS) is 15.1. The van der Waals surface area contributed by atoms with Crippen molar-refractivity contribution in [3.8, 4) is 27.9 Å². The lowest BCUT2D eigenvalue weighted by Gasteiger charge is -2.34. The highest BCUT2D eigenvalue weighted by molar-refractivity contribution is 7.19. The molecule has 0 bridgehead atoms. The molecule has 1 saturated heterocycles. The van der Waals surface area contributed by atoms with Gasteiger partial charge in [0.1, 0.15) is 11.5 Å². The monoisotopic (exact) mass is 593 g/mol. The third kappa shape index (κ3) is 6.51. The molecule has 0 spiro atoms. The minimum atomic E-state index is -4.53. The van der Waals surface area contributed by atoms with Gasteiger partial charge in [-0.25, -0.2) is 9.78 Å². The van der Waals surface area contributed by atoms with Gasteiger partial charge in [0.25, 0.3) is 0 Å². The van der Waals surface area contributed by atoms with E-state index >= 15 is 0 Å². The van der Waals surface area contributed by atoms with E-state index in [1.54, 1.807) is 18.2 Å². The Labute approximate surface area is 237 Å². The van der Waals surface area contributed by atoms with Crippen LogP contribution >= 0.6 is 22.9 Å². The third-order valence-corrected chi connectivity index (χ3v) is 7.99. The number of nitrogens with one attached hydrogen (secondary N) is 1. The summed E-state index contributed by atoms with van der Waals surface area (Å²) in [7, 11) is 0. The highest BCUT2D eigenvalue weighted by Gasteiger charge is 2.31. The summed E-state index contributed by atoms with van der Waals surface area (Å²) < 4.78 is 53.5. The second kappa shape index (κ2) is 11.6. The van der Waals surface area contributed by atoms with Crippen LogP contribution in [0.1, 0.15) is 37.9 Å². The van der Waals surface area contributed by atoms with Crippen LogP contribution in [0.3, 0.4) is 0 Å². The molecule has 40 heavy (non-hydrogen) atoms. The largest absolute Gasteiger partial charge is 0.416 e. The van der Waals surface area contributed by atoms with Crippen LogP contribution < -0.4 is 10.1 Å². The first-order chi connectivity index (χ1) is 19.1. The van der Waals surface area contributed by atoms with Gasteiger partial charge in [-0.1, -0.05) is 28.9 Å². The zero-order valence-electron chi connectivity index (χ0n) is 21.7. The molecule has 1 N–H and O–H groups in total. The highest BCUT2D eigenvalue weighted by Crippen LogP contribution is 2.34. The molecule has 0 unspecified atom stereocenters. The lowest BCUT2D eigenvalue weighted by atomic mass is 10.0. The number of halogens is 4. The van der Waals surface area contributed by atoms with E-state index in [1.807, 2.05) is 0 Å². The molecule has 1 aliphatic heterocycles. The molecule has 1 amide bonds. The smallest absolute Gasteiger partial charge is 0.391 e. The average molecular weight is 594 g/mol. The Morgan fingerprint density at radius 1 is 1.23 bits per heavy atom. The van der Waals surface area contributed by atoms with Crippen LogP contribution in [0.25, 0.3) is 22.0 Å². The number of benzene rings is 1. The van der Waals surface area contributed by atoms with E-state index in [9.17, 15) is 18.0 Å². The maximum absolute atomic E-state index is 13.4. The molecule has 13 heteroatoms. The van der Waals surface area contributed by atoms with Gasteiger partial charge in [0.2, 0.25) is 5.88 Å². The van der Waals surface area contributed by atoms with E-state index in [0.717, 1.165) is 42.9 Å². The number of nitrogens with zero attached hydrogens (tertiary/aromatic N) is 4. The fraction of sp³-hybridized carbons (Fsp3) is 0.370. The van der Waals surface area contributed by atoms with Crippen LogP contribution in [0.15, 0.2) is 53.2 Å². The summed E-state index contributed by atoms with van der Waals surface area (Å²) in [6, 6.07) is 10.4. The number of carbonyl (C=O) groups is 1. The number of piperidine rings is 1. The van der Waals surface area contributed by atoms with Gasteiger partial charge in [-0.05, 0) is 51.0 Å². The van der Waals surface area contributed by atoms with E-state index in [2.05, 4.69) is 34.2 Å². The van der Waals surface area contributed by atoms with Crippen LogP contribution in [-0.2, 0) is 12.7 Å². The molecule has 0 atom stereocenters. The van der Waals surface area contributed by atoms with Gasteiger partial charge in [0.05, 0.1) is 27.5 Å². The first kappa shape index (κ1) is 28.2. The number of thiophene rings is 1. The van der Waals surface area contributed by atoms with E-state index < -0.39 is 17.8 Å². The number of hydrogen-bond donors (Lipinski definition) is 1. The molecule has 4 aromatic rings. The number of alkyl halides is 3.